The van der Waals surface area contributed by atoms with Crippen molar-refractivity contribution in [2.45, 2.75) is 12.8 Å². The van der Waals surface area contributed by atoms with Crippen LogP contribution in [0.4, 0.5) is 8.78 Å². The first kappa shape index (κ1) is 9.59. The maximum atomic E-state index is 13.0. The number of fused-ring (bicyclic) bond motifs is 1. The lowest BCUT2D eigenvalue weighted by Gasteiger charge is -2.05. The van der Waals surface area contributed by atoms with Crippen molar-refractivity contribution in [3.8, 4) is 6.07 Å². The van der Waals surface area contributed by atoms with Crippen molar-refractivity contribution in [3.05, 3.63) is 29.7 Å². The Morgan fingerprint density at radius 1 is 1.47 bits per heavy atom. The SMILES string of the molecule is Cc1nc2cc(C(F)(F)C#N)ccc2o1. The summed E-state index contributed by atoms with van der Waals surface area (Å²) in [5.74, 6) is -3.08. The van der Waals surface area contributed by atoms with Gasteiger partial charge in [0.2, 0.25) is 0 Å². The van der Waals surface area contributed by atoms with Crippen LogP contribution in [0.2, 0.25) is 0 Å². The fourth-order valence-electron chi connectivity index (χ4n) is 1.30. The van der Waals surface area contributed by atoms with Crippen LogP contribution < -0.4 is 0 Å². The van der Waals surface area contributed by atoms with Gasteiger partial charge in [-0.05, 0) is 18.2 Å². The van der Waals surface area contributed by atoms with Crippen LogP contribution in [0.25, 0.3) is 11.1 Å². The zero-order chi connectivity index (χ0) is 11.1. The Morgan fingerprint density at radius 2 is 2.20 bits per heavy atom. The zero-order valence-corrected chi connectivity index (χ0v) is 7.79. The molecule has 3 nitrogen and oxygen atoms in total. The number of alkyl halides is 2. The van der Waals surface area contributed by atoms with Gasteiger partial charge in [0.1, 0.15) is 11.6 Å². The molecule has 0 atom stereocenters. The molecule has 1 heterocycles. The summed E-state index contributed by atoms with van der Waals surface area (Å²) < 4.78 is 31.1. The van der Waals surface area contributed by atoms with Gasteiger partial charge < -0.3 is 4.42 Å². The van der Waals surface area contributed by atoms with Crippen LogP contribution >= 0.6 is 0 Å². The van der Waals surface area contributed by atoms with Crippen LogP contribution in [0.5, 0.6) is 0 Å². The molecule has 0 saturated carbocycles. The lowest BCUT2D eigenvalue weighted by Crippen LogP contribution is -2.09. The summed E-state index contributed by atoms with van der Waals surface area (Å²) in [6.07, 6.45) is 0. The molecule has 0 radical (unpaired) electrons. The average molecular weight is 208 g/mol. The Balaban J connectivity index is 2.62. The Hall–Kier alpha value is -1.96. The van der Waals surface area contributed by atoms with E-state index in [1.54, 1.807) is 6.92 Å². The van der Waals surface area contributed by atoms with Gasteiger partial charge in [-0.2, -0.15) is 14.0 Å². The summed E-state index contributed by atoms with van der Waals surface area (Å²) in [4.78, 5) is 3.91. The summed E-state index contributed by atoms with van der Waals surface area (Å²) >= 11 is 0. The monoisotopic (exact) mass is 208 g/mol. The van der Waals surface area contributed by atoms with E-state index in [0.29, 0.717) is 17.0 Å². The van der Waals surface area contributed by atoms with Crippen LogP contribution in [-0.2, 0) is 5.92 Å². The summed E-state index contributed by atoms with van der Waals surface area (Å²) in [5, 5.41) is 8.28. The maximum absolute atomic E-state index is 13.0. The average Bonchev–Trinajstić information content (AvgIpc) is 2.56. The van der Waals surface area contributed by atoms with Crippen LogP contribution in [-0.4, -0.2) is 4.98 Å². The molecule has 0 aliphatic carbocycles. The van der Waals surface area contributed by atoms with Gasteiger partial charge >= 0.3 is 5.92 Å². The first-order valence-corrected chi connectivity index (χ1v) is 4.20. The minimum atomic E-state index is -3.49. The molecule has 0 saturated heterocycles. The molecule has 0 unspecified atom stereocenters. The molecule has 2 aromatic rings. The second-order valence-electron chi connectivity index (χ2n) is 3.10. The predicted molar refractivity (Wildman–Crippen MR) is 48.3 cm³/mol. The van der Waals surface area contributed by atoms with Gasteiger partial charge in [-0.1, -0.05) is 0 Å². The van der Waals surface area contributed by atoms with Crippen molar-refractivity contribution in [2.75, 3.05) is 0 Å². The molecule has 0 spiro atoms. The molecule has 0 bridgehead atoms. The van der Waals surface area contributed by atoms with Gasteiger partial charge in [0, 0.05) is 12.5 Å². The van der Waals surface area contributed by atoms with Crippen molar-refractivity contribution in [1.82, 2.24) is 4.98 Å². The van der Waals surface area contributed by atoms with E-state index in [0.717, 1.165) is 18.2 Å². The van der Waals surface area contributed by atoms with Crippen LogP contribution in [0.1, 0.15) is 11.5 Å². The van der Waals surface area contributed by atoms with Crippen molar-refractivity contribution in [3.63, 3.8) is 0 Å². The number of aromatic nitrogens is 1. The lowest BCUT2D eigenvalue weighted by atomic mass is 10.1. The molecule has 0 aliphatic rings. The van der Waals surface area contributed by atoms with E-state index in [1.165, 1.54) is 6.07 Å². The highest BCUT2D eigenvalue weighted by Crippen LogP contribution is 2.29. The Bertz CT molecular complexity index is 554. The van der Waals surface area contributed by atoms with E-state index in [4.69, 9.17) is 9.68 Å². The zero-order valence-electron chi connectivity index (χ0n) is 7.79. The summed E-state index contributed by atoms with van der Waals surface area (Å²) in [5.41, 5.74) is 0.399. The van der Waals surface area contributed by atoms with Gasteiger partial charge in [0.25, 0.3) is 0 Å². The molecular weight excluding hydrogens is 202 g/mol. The van der Waals surface area contributed by atoms with Gasteiger partial charge in [-0.25, -0.2) is 4.98 Å². The van der Waals surface area contributed by atoms with E-state index in [-0.39, 0.29) is 5.56 Å². The molecule has 5 heteroatoms. The number of nitriles is 1. The molecule has 2 rings (SSSR count). The third-order valence-corrected chi connectivity index (χ3v) is 2.00. The number of hydrogen-bond donors (Lipinski definition) is 0. The molecule has 0 N–H and O–H groups in total. The van der Waals surface area contributed by atoms with E-state index in [2.05, 4.69) is 4.98 Å². The van der Waals surface area contributed by atoms with Crippen molar-refractivity contribution < 1.29 is 13.2 Å². The highest BCUT2D eigenvalue weighted by Gasteiger charge is 2.31. The highest BCUT2D eigenvalue weighted by molar-refractivity contribution is 5.73. The summed E-state index contributed by atoms with van der Waals surface area (Å²) in [6.45, 7) is 1.63. The second kappa shape index (κ2) is 3.02. The third kappa shape index (κ3) is 1.54. The number of benzene rings is 1. The van der Waals surface area contributed by atoms with Gasteiger partial charge in [0.05, 0.1) is 0 Å². The normalized spacial score (nSPS) is 11.6. The van der Waals surface area contributed by atoms with Gasteiger partial charge in [-0.3, -0.25) is 0 Å². The minimum absolute atomic E-state index is 0.333. The van der Waals surface area contributed by atoms with E-state index >= 15 is 0 Å². The smallest absolute Gasteiger partial charge is 0.357 e. The molecule has 0 fully saturated rings. The second-order valence-corrected chi connectivity index (χ2v) is 3.10. The van der Waals surface area contributed by atoms with E-state index in [9.17, 15) is 8.78 Å². The van der Waals surface area contributed by atoms with Crippen LogP contribution in [0.3, 0.4) is 0 Å². The molecule has 1 aromatic carbocycles. The van der Waals surface area contributed by atoms with E-state index < -0.39 is 5.92 Å². The molecule has 15 heavy (non-hydrogen) atoms. The van der Waals surface area contributed by atoms with Crippen molar-refractivity contribution in [2.24, 2.45) is 0 Å². The highest BCUT2D eigenvalue weighted by atomic mass is 19.3. The predicted octanol–water partition coefficient (Wildman–Crippen LogP) is 2.75. The Kier molecular flexibility index (Phi) is 1.93. The Labute approximate surface area is 83.9 Å². The number of oxazole rings is 1. The molecular formula is C10H6F2N2O. The fraction of sp³-hybridized carbons (Fsp3) is 0.200. The number of halogens is 2. The Morgan fingerprint density at radius 3 is 2.87 bits per heavy atom. The quantitative estimate of drug-likeness (QED) is 0.723. The van der Waals surface area contributed by atoms with Crippen LogP contribution in [0, 0.1) is 18.3 Å². The molecule has 0 aliphatic heterocycles. The number of nitrogens with zero attached hydrogens (tertiary/aromatic N) is 2. The topological polar surface area (TPSA) is 49.8 Å². The van der Waals surface area contributed by atoms with Crippen molar-refractivity contribution >= 4 is 11.1 Å². The lowest BCUT2D eigenvalue weighted by molar-refractivity contribution is 0.0614. The van der Waals surface area contributed by atoms with Gasteiger partial charge in [-0.15, -0.1) is 0 Å². The molecule has 1 aromatic heterocycles. The number of aryl methyl sites for hydroxylation is 1. The third-order valence-electron chi connectivity index (χ3n) is 2.00. The first-order chi connectivity index (χ1) is 7.03. The maximum Gasteiger partial charge on any atom is 0.357 e. The largest absolute Gasteiger partial charge is 0.441 e. The van der Waals surface area contributed by atoms with Crippen LogP contribution in [0.15, 0.2) is 22.6 Å². The van der Waals surface area contributed by atoms with Gasteiger partial charge in [0.15, 0.2) is 11.5 Å². The van der Waals surface area contributed by atoms with E-state index in [1.807, 2.05) is 0 Å². The minimum Gasteiger partial charge on any atom is -0.441 e. The molecule has 0 amide bonds. The standard InChI is InChI=1S/C10H6F2N2O/c1-6-14-8-4-7(10(11,12)5-13)2-3-9(8)15-6/h2-4H,1H3. The fourth-order valence-corrected chi connectivity index (χ4v) is 1.30. The molecule has 76 valence electrons. The summed E-state index contributed by atoms with van der Waals surface area (Å²) in [6, 6.07) is 4.65. The summed E-state index contributed by atoms with van der Waals surface area (Å²) in [7, 11) is 0. The first-order valence-electron chi connectivity index (χ1n) is 4.20. The van der Waals surface area contributed by atoms with Crippen molar-refractivity contribution in [1.29, 1.82) is 5.26 Å². The number of hydrogen-bond acceptors (Lipinski definition) is 3. The number of rotatable bonds is 1.